The van der Waals surface area contributed by atoms with Crippen LogP contribution in [0.1, 0.15) is 39.9 Å². The molecule has 8 nitrogen and oxygen atoms in total. The monoisotopic (exact) mass is 510 g/mol. The molecule has 1 aromatic heterocycles. The molecule has 0 spiro atoms. The van der Waals surface area contributed by atoms with Gasteiger partial charge in [0.1, 0.15) is 18.0 Å². The number of carbonyl (C=O) groups excluding carboxylic acids is 1. The van der Waals surface area contributed by atoms with E-state index in [2.05, 4.69) is 15.6 Å². The van der Waals surface area contributed by atoms with Gasteiger partial charge in [0.05, 0.1) is 6.26 Å². The van der Waals surface area contributed by atoms with Crippen molar-refractivity contribution in [2.75, 3.05) is 39.8 Å². The zero-order valence-corrected chi connectivity index (χ0v) is 19.9. The number of carbonyl (C=O) groups is 1. The van der Waals surface area contributed by atoms with Crippen LogP contribution in [0.3, 0.4) is 0 Å². The van der Waals surface area contributed by atoms with Gasteiger partial charge in [-0.15, -0.1) is 24.0 Å². The van der Waals surface area contributed by atoms with Gasteiger partial charge in [0, 0.05) is 39.8 Å². The Kier molecular flexibility index (Phi) is 13.7. The summed E-state index contributed by atoms with van der Waals surface area (Å²) in [7, 11) is 1.72. The minimum atomic E-state index is -0.492. The molecular weight excluding hydrogens is 475 g/mol. The van der Waals surface area contributed by atoms with E-state index in [1.165, 1.54) is 0 Å². The van der Waals surface area contributed by atoms with Gasteiger partial charge in [0.25, 0.3) is 0 Å². The maximum absolute atomic E-state index is 11.9. The Morgan fingerprint density at radius 3 is 2.68 bits per heavy atom. The first kappa shape index (κ1) is 26.5. The molecule has 0 fully saturated rings. The molecule has 1 aromatic rings. The number of hydrogen-bond donors (Lipinski definition) is 2. The standard InChI is InChI=1S/C19H34N4O4.HI/c1-6-20-17(21-10-8-13-25-15-16-9-7-14-26-16)22-11-12-23(5)18(24)27-19(2,3)4;/h7,9,14H,6,8,10-13,15H2,1-5H3,(H2,20,21,22);1H. The second kappa shape index (κ2) is 14.5. The molecule has 0 radical (unpaired) electrons. The van der Waals surface area contributed by atoms with Crippen molar-refractivity contribution in [1.29, 1.82) is 0 Å². The van der Waals surface area contributed by atoms with Crippen LogP contribution in [0.15, 0.2) is 27.8 Å². The topological polar surface area (TPSA) is 88.3 Å². The molecule has 0 aliphatic carbocycles. The van der Waals surface area contributed by atoms with Crippen LogP contribution in [0.5, 0.6) is 0 Å². The fourth-order valence-electron chi connectivity index (χ4n) is 2.04. The third kappa shape index (κ3) is 12.8. The summed E-state index contributed by atoms with van der Waals surface area (Å²) in [6, 6.07) is 3.73. The largest absolute Gasteiger partial charge is 0.467 e. The zero-order chi connectivity index (χ0) is 20.1. The Bertz CT molecular complexity index is 559. The molecule has 162 valence electrons. The van der Waals surface area contributed by atoms with Crippen molar-refractivity contribution in [3.05, 3.63) is 24.2 Å². The Morgan fingerprint density at radius 2 is 2.07 bits per heavy atom. The third-order valence-electron chi connectivity index (χ3n) is 3.33. The van der Waals surface area contributed by atoms with Gasteiger partial charge in [-0.1, -0.05) is 0 Å². The molecule has 0 saturated heterocycles. The second-order valence-corrected chi connectivity index (χ2v) is 7.07. The van der Waals surface area contributed by atoms with Crippen LogP contribution in [0, 0.1) is 0 Å². The van der Waals surface area contributed by atoms with Crippen molar-refractivity contribution in [2.24, 2.45) is 4.99 Å². The number of nitrogens with one attached hydrogen (secondary N) is 2. The molecule has 1 amide bonds. The Labute approximate surface area is 185 Å². The maximum Gasteiger partial charge on any atom is 0.410 e. The van der Waals surface area contributed by atoms with Gasteiger partial charge in [-0.05, 0) is 46.2 Å². The highest BCUT2D eigenvalue weighted by atomic mass is 127. The summed E-state index contributed by atoms with van der Waals surface area (Å²) >= 11 is 0. The van der Waals surface area contributed by atoms with Crippen LogP contribution in [0.2, 0.25) is 0 Å². The van der Waals surface area contributed by atoms with Gasteiger partial charge in [-0.25, -0.2) is 4.79 Å². The van der Waals surface area contributed by atoms with Crippen LogP contribution in [-0.2, 0) is 16.1 Å². The van der Waals surface area contributed by atoms with Crippen molar-refractivity contribution < 1.29 is 18.7 Å². The van der Waals surface area contributed by atoms with Gasteiger partial charge < -0.3 is 29.4 Å². The van der Waals surface area contributed by atoms with E-state index in [0.29, 0.717) is 32.8 Å². The third-order valence-corrected chi connectivity index (χ3v) is 3.33. The summed E-state index contributed by atoms with van der Waals surface area (Å²) in [5.74, 6) is 1.55. The lowest BCUT2D eigenvalue weighted by Gasteiger charge is -2.24. The molecule has 0 saturated carbocycles. The molecular formula is C19H35IN4O4. The lowest BCUT2D eigenvalue weighted by atomic mass is 10.2. The van der Waals surface area contributed by atoms with Crippen LogP contribution >= 0.6 is 24.0 Å². The van der Waals surface area contributed by atoms with Crippen molar-refractivity contribution in [2.45, 2.75) is 46.3 Å². The molecule has 0 bridgehead atoms. The minimum absolute atomic E-state index is 0. The van der Waals surface area contributed by atoms with E-state index in [1.54, 1.807) is 18.2 Å². The van der Waals surface area contributed by atoms with Crippen LogP contribution in [0.25, 0.3) is 0 Å². The highest BCUT2D eigenvalue weighted by Gasteiger charge is 2.19. The predicted molar refractivity (Wildman–Crippen MR) is 121 cm³/mol. The van der Waals surface area contributed by atoms with Gasteiger partial charge in [0.15, 0.2) is 5.96 Å². The van der Waals surface area contributed by atoms with Crippen molar-refractivity contribution in [3.8, 4) is 0 Å². The highest BCUT2D eigenvalue weighted by Crippen LogP contribution is 2.08. The van der Waals surface area contributed by atoms with E-state index in [1.807, 2.05) is 39.8 Å². The first-order valence-corrected chi connectivity index (χ1v) is 9.38. The number of amides is 1. The smallest absolute Gasteiger partial charge is 0.410 e. The number of aliphatic imine (C=N–C) groups is 1. The highest BCUT2D eigenvalue weighted by molar-refractivity contribution is 14.0. The summed E-state index contributed by atoms with van der Waals surface area (Å²) in [4.78, 5) is 18.0. The Hall–Kier alpha value is -1.49. The van der Waals surface area contributed by atoms with E-state index >= 15 is 0 Å². The van der Waals surface area contributed by atoms with Crippen LogP contribution in [0.4, 0.5) is 4.79 Å². The molecule has 1 rings (SSSR count). The maximum atomic E-state index is 11.9. The molecule has 2 N–H and O–H groups in total. The van der Waals surface area contributed by atoms with Crippen LogP contribution < -0.4 is 10.6 Å². The number of rotatable bonds is 10. The Balaban J connectivity index is 0.00000729. The molecule has 0 aliphatic heterocycles. The van der Waals surface area contributed by atoms with E-state index in [9.17, 15) is 4.79 Å². The number of furan rings is 1. The molecule has 1 heterocycles. The van der Waals surface area contributed by atoms with Crippen molar-refractivity contribution in [1.82, 2.24) is 15.5 Å². The molecule has 0 unspecified atom stereocenters. The van der Waals surface area contributed by atoms with Gasteiger partial charge in [-0.3, -0.25) is 4.99 Å². The predicted octanol–water partition coefficient (Wildman–Crippen LogP) is 3.23. The van der Waals surface area contributed by atoms with Gasteiger partial charge >= 0.3 is 6.09 Å². The molecule has 28 heavy (non-hydrogen) atoms. The van der Waals surface area contributed by atoms with E-state index < -0.39 is 5.60 Å². The van der Waals surface area contributed by atoms with E-state index in [-0.39, 0.29) is 30.1 Å². The number of halogens is 1. The fraction of sp³-hybridized carbons (Fsp3) is 0.684. The summed E-state index contributed by atoms with van der Waals surface area (Å²) in [6.07, 6.45) is 2.12. The minimum Gasteiger partial charge on any atom is -0.467 e. The van der Waals surface area contributed by atoms with Crippen molar-refractivity contribution >= 4 is 36.0 Å². The molecule has 0 aromatic carbocycles. The first-order valence-electron chi connectivity index (χ1n) is 9.38. The number of guanidine groups is 1. The van der Waals surface area contributed by atoms with Gasteiger partial charge in [0.2, 0.25) is 0 Å². The lowest BCUT2D eigenvalue weighted by Crippen LogP contribution is -2.43. The Morgan fingerprint density at radius 1 is 1.32 bits per heavy atom. The quantitative estimate of drug-likeness (QED) is 0.218. The second-order valence-electron chi connectivity index (χ2n) is 7.07. The molecule has 0 atom stereocenters. The fourth-order valence-corrected chi connectivity index (χ4v) is 2.04. The summed E-state index contributed by atoms with van der Waals surface area (Å²) in [5.41, 5.74) is -0.492. The van der Waals surface area contributed by atoms with E-state index in [0.717, 1.165) is 24.7 Å². The average Bonchev–Trinajstić information content (AvgIpc) is 3.09. The van der Waals surface area contributed by atoms with Crippen LogP contribution in [-0.4, -0.2) is 62.4 Å². The normalized spacial score (nSPS) is 11.5. The number of hydrogen-bond acceptors (Lipinski definition) is 5. The van der Waals surface area contributed by atoms with E-state index in [4.69, 9.17) is 13.9 Å². The summed E-state index contributed by atoms with van der Waals surface area (Å²) < 4.78 is 16.1. The average molecular weight is 510 g/mol. The lowest BCUT2D eigenvalue weighted by molar-refractivity contribution is 0.0302. The number of ether oxygens (including phenoxy) is 2. The molecule has 0 aliphatic rings. The molecule has 9 heteroatoms. The summed E-state index contributed by atoms with van der Waals surface area (Å²) in [5, 5.41) is 6.40. The SMILES string of the molecule is CCNC(=NCCCOCc1ccco1)NCCN(C)C(=O)OC(C)(C)C.I. The summed E-state index contributed by atoms with van der Waals surface area (Å²) in [6.45, 7) is 11.2. The van der Waals surface area contributed by atoms with Gasteiger partial charge in [-0.2, -0.15) is 0 Å². The number of likely N-dealkylation sites (N-methyl/N-ethyl adjacent to an activating group) is 1. The number of nitrogens with zero attached hydrogens (tertiary/aromatic N) is 2. The first-order chi connectivity index (χ1) is 12.8. The van der Waals surface area contributed by atoms with Crippen molar-refractivity contribution in [3.63, 3.8) is 0 Å². The zero-order valence-electron chi connectivity index (χ0n) is 17.6.